The molecule has 2 heterocycles. The Hall–Kier alpha value is -1.34. The highest BCUT2D eigenvalue weighted by atomic mass is 79.9. The number of hydrogen-bond donors (Lipinski definition) is 0. The molecule has 2 aromatic rings. The van der Waals surface area contributed by atoms with Crippen LogP contribution in [0.2, 0.25) is 0 Å². The van der Waals surface area contributed by atoms with Crippen LogP contribution < -0.4 is 0 Å². The van der Waals surface area contributed by atoms with Gasteiger partial charge in [-0.1, -0.05) is 6.07 Å². The van der Waals surface area contributed by atoms with Gasteiger partial charge in [0.1, 0.15) is 5.65 Å². The van der Waals surface area contributed by atoms with E-state index < -0.39 is 0 Å². The van der Waals surface area contributed by atoms with Crippen molar-refractivity contribution in [2.45, 2.75) is 6.42 Å². The largest absolute Gasteiger partial charge is 0.290 e. The molecule has 64 valence electrons. The number of imidazole rings is 1. The van der Waals surface area contributed by atoms with Crippen molar-refractivity contribution >= 4 is 21.6 Å². The molecule has 0 unspecified atom stereocenters. The summed E-state index contributed by atoms with van der Waals surface area (Å²) in [5.41, 5.74) is 1.77. The van der Waals surface area contributed by atoms with Gasteiger partial charge in [0.15, 0.2) is 0 Å². The summed E-state index contributed by atoms with van der Waals surface area (Å²) in [5.74, 6) is 0. The molecule has 0 amide bonds. The van der Waals surface area contributed by atoms with Crippen molar-refractivity contribution in [1.29, 1.82) is 5.26 Å². The van der Waals surface area contributed by atoms with E-state index in [-0.39, 0.29) is 0 Å². The van der Waals surface area contributed by atoms with E-state index in [1.54, 1.807) is 6.20 Å². The summed E-state index contributed by atoms with van der Waals surface area (Å²) in [6.45, 7) is 0. The molecule has 0 aliphatic heterocycles. The van der Waals surface area contributed by atoms with Gasteiger partial charge in [0.2, 0.25) is 0 Å². The molecule has 2 aromatic heterocycles. The van der Waals surface area contributed by atoms with Crippen LogP contribution in [0.15, 0.2) is 29.0 Å². The van der Waals surface area contributed by atoms with E-state index in [4.69, 9.17) is 5.26 Å². The molecule has 3 nitrogen and oxygen atoms in total. The molecule has 0 N–H and O–H groups in total. The molecule has 0 spiro atoms. The summed E-state index contributed by atoms with van der Waals surface area (Å²) >= 11 is 3.41. The predicted molar refractivity (Wildman–Crippen MR) is 52.2 cm³/mol. The summed E-state index contributed by atoms with van der Waals surface area (Å²) < 4.78 is 2.84. The van der Waals surface area contributed by atoms with Gasteiger partial charge in [-0.15, -0.1) is 0 Å². The van der Waals surface area contributed by atoms with Gasteiger partial charge >= 0.3 is 0 Å². The molecule has 0 atom stereocenters. The second kappa shape index (κ2) is 3.19. The number of pyridine rings is 1. The Morgan fingerprint density at radius 3 is 3.15 bits per heavy atom. The monoisotopic (exact) mass is 235 g/mol. The Kier molecular flexibility index (Phi) is 2.03. The summed E-state index contributed by atoms with van der Waals surface area (Å²) in [6, 6.07) is 7.86. The first-order valence-corrected chi connectivity index (χ1v) is 4.60. The zero-order valence-corrected chi connectivity index (χ0v) is 8.32. The van der Waals surface area contributed by atoms with E-state index in [0.717, 1.165) is 15.9 Å². The molecule has 0 radical (unpaired) electrons. The Labute approximate surface area is 83.8 Å². The highest BCUT2D eigenvalue weighted by Crippen LogP contribution is 2.15. The predicted octanol–water partition coefficient (Wildman–Crippen LogP) is 2.16. The lowest BCUT2D eigenvalue weighted by Crippen LogP contribution is -1.92. The lowest BCUT2D eigenvalue weighted by atomic mass is 10.3. The third-order valence-corrected chi connectivity index (χ3v) is 2.43. The van der Waals surface area contributed by atoms with E-state index in [2.05, 4.69) is 27.0 Å². The van der Waals surface area contributed by atoms with Gasteiger partial charge in [-0.2, -0.15) is 5.26 Å². The van der Waals surface area contributed by atoms with Crippen LogP contribution in [-0.4, -0.2) is 9.38 Å². The standard InChI is InChI=1S/C9H6BrN3/c10-8-2-1-3-9-12-6-7(4-5-11)13(8)9/h1-3,6H,4H2. The summed E-state index contributed by atoms with van der Waals surface area (Å²) in [4.78, 5) is 4.18. The number of nitriles is 1. The fraction of sp³-hybridized carbons (Fsp3) is 0.111. The van der Waals surface area contributed by atoms with Crippen LogP contribution in [0.4, 0.5) is 0 Å². The minimum Gasteiger partial charge on any atom is -0.290 e. The average molecular weight is 236 g/mol. The molecule has 0 aliphatic carbocycles. The van der Waals surface area contributed by atoms with E-state index in [1.165, 1.54) is 0 Å². The van der Waals surface area contributed by atoms with Gasteiger partial charge in [0.05, 0.1) is 29.0 Å². The summed E-state index contributed by atoms with van der Waals surface area (Å²) in [7, 11) is 0. The van der Waals surface area contributed by atoms with E-state index in [9.17, 15) is 0 Å². The zero-order chi connectivity index (χ0) is 9.26. The number of hydrogen-bond acceptors (Lipinski definition) is 2. The first-order chi connectivity index (χ1) is 6.33. The van der Waals surface area contributed by atoms with Gasteiger partial charge in [0, 0.05) is 0 Å². The van der Waals surface area contributed by atoms with Crippen molar-refractivity contribution < 1.29 is 0 Å². The highest BCUT2D eigenvalue weighted by Gasteiger charge is 2.04. The minimum absolute atomic E-state index is 0.379. The van der Waals surface area contributed by atoms with Crippen LogP contribution in [0.5, 0.6) is 0 Å². The molecule has 2 rings (SSSR count). The number of rotatable bonds is 1. The maximum Gasteiger partial charge on any atom is 0.137 e. The van der Waals surface area contributed by atoms with Crippen LogP contribution in [0, 0.1) is 11.3 Å². The summed E-state index contributed by atoms with van der Waals surface area (Å²) in [6.07, 6.45) is 2.10. The molecule has 0 bridgehead atoms. The van der Waals surface area contributed by atoms with Crippen molar-refractivity contribution in [2.75, 3.05) is 0 Å². The van der Waals surface area contributed by atoms with Crippen molar-refractivity contribution in [3.8, 4) is 6.07 Å². The maximum atomic E-state index is 8.58. The van der Waals surface area contributed by atoms with Gasteiger partial charge < -0.3 is 0 Å². The van der Waals surface area contributed by atoms with Crippen molar-refractivity contribution in [3.63, 3.8) is 0 Å². The van der Waals surface area contributed by atoms with Crippen molar-refractivity contribution in [2.24, 2.45) is 0 Å². The second-order valence-electron chi connectivity index (χ2n) is 2.63. The van der Waals surface area contributed by atoms with Crippen LogP contribution in [0.1, 0.15) is 5.69 Å². The van der Waals surface area contributed by atoms with Crippen molar-refractivity contribution in [1.82, 2.24) is 9.38 Å². The highest BCUT2D eigenvalue weighted by molar-refractivity contribution is 9.10. The lowest BCUT2D eigenvalue weighted by Gasteiger charge is -1.99. The number of fused-ring (bicyclic) bond motifs is 1. The molecule has 0 aliphatic rings. The first-order valence-electron chi connectivity index (χ1n) is 3.81. The topological polar surface area (TPSA) is 41.1 Å². The molecule has 0 fully saturated rings. The fourth-order valence-electron chi connectivity index (χ4n) is 1.26. The Bertz CT molecular complexity index is 481. The van der Waals surface area contributed by atoms with Gasteiger partial charge in [0.25, 0.3) is 0 Å². The second-order valence-corrected chi connectivity index (χ2v) is 3.44. The maximum absolute atomic E-state index is 8.58. The zero-order valence-electron chi connectivity index (χ0n) is 6.74. The van der Waals surface area contributed by atoms with Gasteiger partial charge in [-0.05, 0) is 28.1 Å². The third kappa shape index (κ3) is 1.31. The number of nitrogens with zero attached hydrogens (tertiary/aromatic N) is 3. The molecule has 0 saturated carbocycles. The van der Waals surface area contributed by atoms with Crippen molar-refractivity contribution in [3.05, 3.63) is 34.7 Å². The molecular weight excluding hydrogens is 230 g/mol. The Morgan fingerprint density at radius 1 is 1.54 bits per heavy atom. The van der Waals surface area contributed by atoms with Crippen LogP contribution >= 0.6 is 15.9 Å². The normalized spacial score (nSPS) is 10.2. The number of halogens is 1. The molecule has 0 saturated heterocycles. The summed E-state index contributed by atoms with van der Waals surface area (Å²) in [5, 5.41) is 8.58. The Morgan fingerprint density at radius 2 is 2.38 bits per heavy atom. The quantitative estimate of drug-likeness (QED) is 0.712. The molecule has 4 heteroatoms. The molecule has 13 heavy (non-hydrogen) atoms. The minimum atomic E-state index is 0.379. The van der Waals surface area contributed by atoms with Crippen LogP contribution in [-0.2, 0) is 6.42 Å². The fourth-order valence-corrected chi connectivity index (χ4v) is 1.82. The SMILES string of the molecule is N#CCc1cnc2cccc(Br)n12. The Balaban J connectivity index is 2.73. The molecule has 0 aromatic carbocycles. The number of aromatic nitrogens is 2. The van der Waals surface area contributed by atoms with E-state index >= 15 is 0 Å². The third-order valence-electron chi connectivity index (χ3n) is 1.81. The van der Waals surface area contributed by atoms with E-state index in [0.29, 0.717) is 6.42 Å². The van der Waals surface area contributed by atoms with E-state index in [1.807, 2.05) is 22.6 Å². The van der Waals surface area contributed by atoms with Crippen LogP contribution in [0.3, 0.4) is 0 Å². The smallest absolute Gasteiger partial charge is 0.137 e. The van der Waals surface area contributed by atoms with Gasteiger partial charge in [-0.25, -0.2) is 4.98 Å². The average Bonchev–Trinajstić information content (AvgIpc) is 2.51. The van der Waals surface area contributed by atoms with Gasteiger partial charge in [-0.3, -0.25) is 4.40 Å². The first kappa shape index (κ1) is 8.27. The lowest BCUT2D eigenvalue weighted by molar-refractivity contribution is 1.03. The van der Waals surface area contributed by atoms with Crippen LogP contribution in [0.25, 0.3) is 5.65 Å². The molecular formula is C9H6BrN3.